The van der Waals surface area contributed by atoms with Crippen LogP contribution in [0.5, 0.6) is 0 Å². The number of nitrogens with zero attached hydrogens (tertiary/aromatic N) is 1. The van der Waals surface area contributed by atoms with E-state index in [9.17, 15) is 20.3 Å². The Morgan fingerprint density at radius 3 is 2.52 bits per heavy atom. The molecule has 2 aromatic carbocycles. The van der Waals surface area contributed by atoms with Crippen LogP contribution >= 0.6 is 23.2 Å². The average molecular weight is 495 g/mol. The zero-order valence-electron chi connectivity index (χ0n) is 17.7. The summed E-state index contributed by atoms with van der Waals surface area (Å²) < 4.78 is 30.6. The molecule has 2 aromatic rings. The number of carbonyl (C=O) groups is 1. The van der Waals surface area contributed by atoms with Crippen molar-refractivity contribution in [1.82, 2.24) is 5.32 Å². The first-order valence-corrected chi connectivity index (χ1v) is 11.3. The van der Waals surface area contributed by atoms with E-state index in [0.29, 0.717) is 12.8 Å². The maximum atomic E-state index is 15.4. The molecule has 5 atom stereocenters. The molecule has 0 amide bonds. The molecule has 1 saturated heterocycles. The molecule has 0 bridgehead atoms. The maximum Gasteiger partial charge on any atom is 0.321 e. The fourth-order valence-corrected chi connectivity index (χ4v) is 5.79. The van der Waals surface area contributed by atoms with Gasteiger partial charge in [0.25, 0.3) is 0 Å². The van der Waals surface area contributed by atoms with Crippen LogP contribution in [0.15, 0.2) is 36.4 Å². The lowest BCUT2D eigenvalue weighted by molar-refractivity contribution is -0.139. The molecular weight excluding hydrogens is 473 g/mol. The van der Waals surface area contributed by atoms with Gasteiger partial charge in [0, 0.05) is 16.5 Å². The van der Waals surface area contributed by atoms with Crippen LogP contribution in [0.1, 0.15) is 43.2 Å². The van der Waals surface area contributed by atoms with E-state index in [1.165, 1.54) is 37.3 Å². The van der Waals surface area contributed by atoms with Gasteiger partial charge in [-0.2, -0.15) is 5.26 Å². The summed E-state index contributed by atoms with van der Waals surface area (Å²) in [5.74, 6) is -4.74. The molecule has 9 heteroatoms. The summed E-state index contributed by atoms with van der Waals surface area (Å²) in [5, 5.41) is 35.0. The third-order valence-corrected chi connectivity index (χ3v) is 7.81. The number of hydrogen-bond donors (Lipinski definition) is 3. The van der Waals surface area contributed by atoms with Crippen LogP contribution in [-0.2, 0) is 10.2 Å². The predicted molar refractivity (Wildman–Crippen MR) is 119 cm³/mol. The summed E-state index contributed by atoms with van der Waals surface area (Å²) in [6.07, 6.45) is 2.21. The Balaban J connectivity index is 2.05. The predicted octanol–water partition coefficient (Wildman–Crippen LogP) is 4.79. The Kier molecular flexibility index (Phi) is 6.17. The molecule has 0 radical (unpaired) electrons. The van der Waals surface area contributed by atoms with Gasteiger partial charge in [0.05, 0.1) is 22.7 Å². The largest absolute Gasteiger partial charge is 0.480 e. The van der Waals surface area contributed by atoms with Crippen LogP contribution in [0.4, 0.5) is 8.78 Å². The number of nitriles is 1. The zero-order valence-corrected chi connectivity index (χ0v) is 19.2. The van der Waals surface area contributed by atoms with Crippen molar-refractivity contribution in [1.29, 1.82) is 5.26 Å². The molecule has 2 fully saturated rings. The Labute approximate surface area is 199 Å². The van der Waals surface area contributed by atoms with Crippen LogP contribution in [-0.4, -0.2) is 33.9 Å². The van der Waals surface area contributed by atoms with Crippen LogP contribution in [0.25, 0.3) is 0 Å². The van der Waals surface area contributed by atoms with Gasteiger partial charge in [-0.3, -0.25) is 10.1 Å². The molecular formula is C24H22Cl2F2N2O3. The average Bonchev–Trinajstić information content (AvgIpc) is 3.05. The van der Waals surface area contributed by atoms with Crippen molar-refractivity contribution in [2.24, 2.45) is 5.92 Å². The highest BCUT2D eigenvalue weighted by atomic mass is 35.5. The van der Waals surface area contributed by atoms with Gasteiger partial charge in [-0.15, -0.1) is 0 Å². The molecule has 1 heterocycles. The molecule has 2 aliphatic rings. The number of hydrogen-bond acceptors (Lipinski definition) is 4. The lowest BCUT2D eigenvalue weighted by Gasteiger charge is -2.48. The topological polar surface area (TPSA) is 93.3 Å². The van der Waals surface area contributed by atoms with Crippen molar-refractivity contribution >= 4 is 29.2 Å². The van der Waals surface area contributed by atoms with Gasteiger partial charge >= 0.3 is 5.97 Å². The SMILES string of the molecule is CC(O)(C1CCC1)[C@H]1N[C@@H](C(=O)O)[C@H](c2cccc(Cl)c2F)[C@@]1(C#N)c1ccc(Cl)cc1F. The molecule has 0 spiro atoms. The fraction of sp³-hybridized carbons (Fsp3) is 0.417. The van der Waals surface area contributed by atoms with E-state index in [-0.39, 0.29) is 27.1 Å². The highest BCUT2D eigenvalue weighted by molar-refractivity contribution is 6.31. The second-order valence-electron chi connectivity index (χ2n) is 8.99. The van der Waals surface area contributed by atoms with Crippen LogP contribution in [0.2, 0.25) is 10.0 Å². The molecule has 1 aliphatic carbocycles. The lowest BCUT2D eigenvalue weighted by Crippen LogP contribution is -2.61. The van der Waals surface area contributed by atoms with E-state index < -0.39 is 46.6 Å². The Morgan fingerprint density at radius 1 is 1.27 bits per heavy atom. The van der Waals surface area contributed by atoms with Crippen LogP contribution in [0, 0.1) is 28.9 Å². The van der Waals surface area contributed by atoms with E-state index in [1.54, 1.807) is 0 Å². The van der Waals surface area contributed by atoms with Gasteiger partial charge < -0.3 is 10.2 Å². The Hall–Kier alpha value is -2.24. The van der Waals surface area contributed by atoms with Crippen molar-refractivity contribution in [2.75, 3.05) is 0 Å². The third-order valence-electron chi connectivity index (χ3n) is 7.29. The number of carboxylic acids is 1. The molecule has 3 N–H and O–H groups in total. The van der Waals surface area contributed by atoms with Crippen LogP contribution in [0.3, 0.4) is 0 Å². The second kappa shape index (κ2) is 8.52. The van der Waals surface area contributed by atoms with Gasteiger partial charge in [0.15, 0.2) is 0 Å². The first-order chi connectivity index (χ1) is 15.6. The molecule has 33 heavy (non-hydrogen) atoms. The lowest BCUT2D eigenvalue weighted by atomic mass is 9.58. The summed E-state index contributed by atoms with van der Waals surface area (Å²) in [7, 11) is 0. The number of rotatable bonds is 5. The van der Waals surface area contributed by atoms with Crippen molar-refractivity contribution in [3.8, 4) is 6.07 Å². The summed E-state index contributed by atoms with van der Waals surface area (Å²) >= 11 is 11.9. The Morgan fingerprint density at radius 2 is 1.97 bits per heavy atom. The normalized spacial score (nSPS) is 29.2. The molecule has 5 nitrogen and oxygen atoms in total. The number of halogens is 4. The Bertz CT molecular complexity index is 1150. The molecule has 174 valence electrons. The van der Waals surface area contributed by atoms with Crippen molar-refractivity contribution in [3.05, 3.63) is 69.2 Å². The number of nitrogens with one attached hydrogen (secondary N) is 1. The zero-order chi connectivity index (χ0) is 24.1. The van der Waals surface area contributed by atoms with Crippen molar-refractivity contribution in [2.45, 2.75) is 55.2 Å². The number of aliphatic carboxylic acids is 1. The molecule has 4 rings (SSSR count). The highest BCUT2D eigenvalue weighted by Crippen LogP contribution is 2.55. The second-order valence-corrected chi connectivity index (χ2v) is 9.84. The fourth-order valence-electron chi connectivity index (χ4n) is 5.45. The molecule has 1 saturated carbocycles. The smallest absolute Gasteiger partial charge is 0.321 e. The highest BCUT2D eigenvalue weighted by Gasteiger charge is 2.66. The summed E-state index contributed by atoms with van der Waals surface area (Å²) in [4.78, 5) is 12.4. The third kappa shape index (κ3) is 3.60. The summed E-state index contributed by atoms with van der Waals surface area (Å²) in [6, 6.07) is 7.18. The van der Waals surface area contributed by atoms with E-state index in [0.717, 1.165) is 12.5 Å². The van der Waals surface area contributed by atoms with Crippen molar-refractivity contribution in [3.63, 3.8) is 0 Å². The van der Waals surface area contributed by atoms with E-state index in [1.807, 2.05) is 0 Å². The minimum absolute atomic E-state index is 0.0814. The molecule has 1 unspecified atom stereocenters. The van der Waals surface area contributed by atoms with Crippen LogP contribution < -0.4 is 5.32 Å². The number of aliphatic hydroxyl groups is 1. The molecule has 0 aromatic heterocycles. The first kappa shape index (κ1) is 23.9. The quantitative estimate of drug-likeness (QED) is 0.555. The summed E-state index contributed by atoms with van der Waals surface area (Å²) in [5.41, 5.74) is -3.88. The van der Waals surface area contributed by atoms with E-state index in [4.69, 9.17) is 23.2 Å². The first-order valence-electron chi connectivity index (χ1n) is 10.6. The van der Waals surface area contributed by atoms with Gasteiger partial charge in [0.2, 0.25) is 0 Å². The monoisotopic (exact) mass is 494 g/mol. The van der Waals surface area contributed by atoms with E-state index >= 15 is 8.78 Å². The van der Waals surface area contributed by atoms with Crippen molar-refractivity contribution < 1.29 is 23.8 Å². The van der Waals surface area contributed by atoms with E-state index in [2.05, 4.69) is 11.4 Å². The minimum Gasteiger partial charge on any atom is -0.480 e. The number of carboxylic acid groups (broad SMARTS) is 1. The van der Waals surface area contributed by atoms with Gasteiger partial charge in [-0.25, -0.2) is 8.78 Å². The van der Waals surface area contributed by atoms with Gasteiger partial charge in [0.1, 0.15) is 23.1 Å². The standard InChI is InChI=1S/C24H22Cl2F2N2O3/c1-23(33,12-4-2-5-12)22-24(11-29,15-9-8-13(25)10-17(15)27)18(20(30-22)21(31)32)14-6-3-7-16(26)19(14)28/h3,6-10,12,18,20,22,30,33H,2,4-5H2,1H3,(H,31,32)/t18-,20+,22+,23?,24+/m0/s1. The number of benzene rings is 2. The van der Waals surface area contributed by atoms with Gasteiger partial charge in [-0.05, 0) is 49.4 Å². The molecule has 1 aliphatic heterocycles. The van der Waals surface area contributed by atoms with Gasteiger partial charge in [-0.1, -0.05) is 47.8 Å². The maximum absolute atomic E-state index is 15.4. The minimum atomic E-state index is -1.98. The summed E-state index contributed by atoms with van der Waals surface area (Å²) in [6.45, 7) is 1.52.